The SMILES string of the molecule is Cc1ccc(S(=O)(=O)O)c(CCN=[N+]=N)c1. The molecule has 0 aliphatic rings. The van der Waals surface area contributed by atoms with Gasteiger partial charge >= 0.3 is 0 Å². The second-order valence-corrected chi connectivity index (χ2v) is 4.69. The predicted octanol–water partition coefficient (Wildman–Crippen LogP) is 1.33. The molecule has 7 heteroatoms. The van der Waals surface area contributed by atoms with Crippen LogP contribution in [-0.4, -0.2) is 19.5 Å². The zero-order chi connectivity index (χ0) is 12.2. The molecule has 0 atom stereocenters. The quantitative estimate of drug-likeness (QED) is 0.472. The maximum absolute atomic E-state index is 11.1. The number of aryl methyl sites for hydroxylation is 1. The molecule has 0 aromatic heterocycles. The van der Waals surface area contributed by atoms with Crippen molar-refractivity contribution >= 4 is 10.1 Å². The zero-order valence-corrected chi connectivity index (χ0v) is 9.53. The molecule has 0 amide bonds. The van der Waals surface area contributed by atoms with Gasteiger partial charge in [-0.1, -0.05) is 17.7 Å². The van der Waals surface area contributed by atoms with Crippen molar-refractivity contribution in [3.05, 3.63) is 29.3 Å². The van der Waals surface area contributed by atoms with Gasteiger partial charge in [0.1, 0.15) is 17.2 Å². The van der Waals surface area contributed by atoms with Gasteiger partial charge < -0.3 is 0 Å². The van der Waals surface area contributed by atoms with Crippen LogP contribution in [0.5, 0.6) is 0 Å². The van der Waals surface area contributed by atoms with Crippen LogP contribution in [-0.2, 0) is 16.5 Å². The van der Waals surface area contributed by atoms with E-state index < -0.39 is 10.1 Å². The summed E-state index contributed by atoms with van der Waals surface area (Å²) in [7, 11) is -4.21. The lowest BCUT2D eigenvalue weighted by atomic mass is 10.1. The number of hydrogen-bond donors (Lipinski definition) is 2. The Balaban J connectivity index is 3.13. The van der Waals surface area contributed by atoms with Crippen LogP contribution in [0.25, 0.3) is 0 Å². The average Bonchev–Trinajstić information content (AvgIpc) is 2.16. The van der Waals surface area contributed by atoms with E-state index in [-0.39, 0.29) is 11.4 Å². The maximum Gasteiger partial charge on any atom is 0.294 e. The van der Waals surface area contributed by atoms with E-state index in [1.807, 2.05) is 6.92 Å². The number of rotatable bonds is 4. The van der Waals surface area contributed by atoms with Crippen molar-refractivity contribution in [3.8, 4) is 0 Å². The van der Waals surface area contributed by atoms with Crippen molar-refractivity contribution in [2.45, 2.75) is 18.2 Å². The number of nitrogens with zero attached hydrogens (tertiary/aromatic N) is 2. The highest BCUT2D eigenvalue weighted by atomic mass is 32.2. The van der Waals surface area contributed by atoms with E-state index in [0.29, 0.717) is 12.0 Å². The molecule has 1 rings (SSSR count). The van der Waals surface area contributed by atoms with Gasteiger partial charge in [0.05, 0.1) is 4.90 Å². The van der Waals surface area contributed by atoms with Gasteiger partial charge in [0.25, 0.3) is 10.1 Å². The molecule has 1 aromatic carbocycles. The van der Waals surface area contributed by atoms with Crippen molar-refractivity contribution < 1.29 is 13.0 Å². The molecule has 6 nitrogen and oxygen atoms in total. The summed E-state index contributed by atoms with van der Waals surface area (Å²) in [6.45, 7) is 2.04. The minimum Gasteiger partial charge on any atom is -0.282 e. The van der Waals surface area contributed by atoms with Crippen molar-refractivity contribution in [1.29, 1.82) is 5.53 Å². The van der Waals surface area contributed by atoms with Gasteiger partial charge in [-0.3, -0.25) is 4.55 Å². The van der Waals surface area contributed by atoms with Gasteiger partial charge in [-0.05, 0) is 18.6 Å². The lowest BCUT2D eigenvalue weighted by Crippen LogP contribution is -2.04. The topological polar surface area (TPSA) is 105 Å². The predicted molar refractivity (Wildman–Crippen MR) is 56.8 cm³/mol. The van der Waals surface area contributed by atoms with Gasteiger partial charge in [-0.25, -0.2) is 0 Å². The monoisotopic (exact) mass is 242 g/mol. The molecule has 0 saturated heterocycles. The van der Waals surface area contributed by atoms with Gasteiger partial charge in [0.15, 0.2) is 0 Å². The van der Waals surface area contributed by atoms with Crippen molar-refractivity contribution in [1.82, 2.24) is 4.91 Å². The highest BCUT2D eigenvalue weighted by molar-refractivity contribution is 7.85. The standard InChI is InChI=1S/C9H11N3O3S/c1-7-2-3-9(16(13,14)15)8(6-7)4-5-11-12-10/h2-3,6,10H,4-5H2,1H3/p+1. The summed E-state index contributed by atoms with van der Waals surface area (Å²) >= 11 is 0. The van der Waals surface area contributed by atoms with Crippen molar-refractivity contribution in [2.75, 3.05) is 6.54 Å². The molecular formula is C9H12N3O3S+. The number of hydrogen-bond acceptors (Lipinski definition) is 4. The molecule has 0 aliphatic carbocycles. The zero-order valence-electron chi connectivity index (χ0n) is 8.71. The largest absolute Gasteiger partial charge is 0.294 e. The third kappa shape index (κ3) is 3.23. The van der Waals surface area contributed by atoms with Gasteiger partial charge in [0, 0.05) is 6.42 Å². The average molecular weight is 242 g/mol. The Hall–Kier alpha value is -1.56. The number of nitrogens with one attached hydrogen (secondary N) is 1. The molecule has 0 radical (unpaired) electrons. The molecule has 0 saturated carbocycles. The van der Waals surface area contributed by atoms with Crippen LogP contribution in [0, 0.1) is 12.5 Å². The van der Waals surface area contributed by atoms with E-state index in [1.165, 1.54) is 6.07 Å². The molecule has 86 valence electrons. The minimum absolute atomic E-state index is 0.113. The Bertz CT molecular complexity index is 533. The summed E-state index contributed by atoms with van der Waals surface area (Å²) in [5.74, 6) is 0. The summed E-state index contributed by atoms with van der Waals surface area (Å²) < 4.78 is 31.1. The first-order chi connectivity index (χ1) is 7.45. The lowest BCUT2D eigenvalue weighted by molar-refractivity contribution is 0.482. The molecule has 16 heavy (non-hydrogen) atoms. The highest BCUT2D eigenvalue weighted by Crippen LogP contribution is 2.17. The van der Waals surface area contributed by atoms with Gasteiger partial charge in [-0.15, -0.1) is 0 Å². The van der Waals surface area contributed by atoms with E-state index in [0.717, 1.165) is 5.56 Å². The summed E-state index contributed by atoms with van der Waals surface area (Å²) in [4.78, 5) is 2.72. The Morgan fingerprint density at radius 2 is 2.19 bits per heavy atom. The minimum atomic E-state index is -4.21. The normalized spacial score (nSPS) is 10.9. The van der Waals surface area contributed by atoms with E-state index >= 15 is 0 Å². The molecule has 1 aromatic rings. The van der Waals surface area contributed by atoms with Crippen LogP contribution in [0.4, 0.5) is 0 Å². The van der Waals surface area contributed by atoms with Crippen molar-refractivity contribution in [2.24, 2.45) is 5.11 Å². The summed E-state index contributed by atoms with van der Waals surface area (Å²) in [5, 5.41) is 3.44. The summed E-state index contributed by atoms with van der Waals surface area (Å²) in [6.07, 6.45) is 0.319. The maximum atomic E-state index is 11.1. The molecule has 0 bridgehead atoms. The Kier molecular flexibility index (Phi) is 3.89. The Labute approximate surface area is 93.3 Å². The Morgan fingerprint density at radius 1 is 1.50 bits per heavy atom. The first-order valence-corrected chi connectivity index (χ1v) is 5.99. The Morgan fingerprint density at radius 3 is 2.75 bits per heavy atom. The van der Waals surface area contributed by atoms with Crippen LogP contribution in [0.3, 0.4) is 0 Å². The fraction of sp³-hybridized carbons (Fsp3) is 0.333. The second kappa shape index (κ2) is 4.98. The molecule has 0 aliphatic heterocycles. The van der Waals surface area contributed by atoms with Gasteiger partial charge in [-0.2, -0.15) is 8.42 Å². The third-order valence-electron chi connectivity index (χ3n) is 2.05. The first kappa shape index (κ1) is 12.5. The van der Waals surface area contributed by atoms with Crippen molar-refractivity contribution in [3.63, 3.8) is 0 Å². The van der Waals surface area contributed by atoms with Crippen LogP contribution < -0.4 is 4.91 Å². The first-order valence-electron chi connectivity index (χ1n) is 4.55. The smallest absolute Gasteiger partial charge is 0.282 e. The lowest BCUT2D eigenvalue weighted by Gasteiger charge is -2.05. The van der Waals surface area contributed by atoms with Crippen LogP contribution >= 0.6 is 0 Å². The summed E-state index contributed by atoms with van der Waals surface area (Å²) in [5.41, 5.74) is 7.85. The van der Waals surface area contributed by atoms with E-state index in [9.17, 15) is 8.42 Å². The van der Waals surface area contributed by atoms with E-state index in [1.54, 1.807) is 12.1 Å². The molecule has 0 fully saturated rings. The van der Waals surface area contributed by atoms with E-state index in [2.05, 4.69) is 10.0 Å². The molecule has 0 unspecified atom stereocenters. The summed E-state index contributed by atoms with van der Waals surface area (Å²) in [6, 6.07) is 4.64. The number of benzene rings is 1. The third-order valence-corrected chi connectivity index (χ3v) is 3.00. The fourth-order valence-corrected chi connectivity index (χ4v) is 2.11. The molecular weight excluding hydrogens is 230 g/mol. The van der Waals surface area contributed by atoms with Gasteiger partial charge in [0.2, 0.25) is 4.91 Å². The van der Waals surface area contributed by atoms with Crippen LogP contribution in [0.15, 0.2) is 28.2 Å². The van der Waals surface area contributed by atoms with Crippen LogP contribution in [0.1, 0.15) is 11.1 Å². The van der Waals surface area contributed by atoms with E-state index in [4.69, 9.17) is 10.1 Å². The second-order valence-electron chi connectivity index (χ2n) is 3.30. The highest BCUT2D eigenvalue weighted by Gasteiger charge is 2.15. The molecule has 0 spiro atoms. The molecule has 0 heterocycles. The molecule has 2 N–H and O–H groups in total. The van der Waals surface area contributed by atoms with Crippen LogP contribution in [0.2, 0.25) is 0 Å². The fourth-order valence-electron chi connectivity index (χ4n) is 1.38.